The van der Waals surface area contributed by atoms with Crippen LogP contribution in [0.4, 0.5) is 0 Å². The summed E-state index contributed by atoms with van der Waals surface area (Å²) in [5.74, 6) is 1.60. The molecule has 2 unspecified atom stereocenters. The average Bonchev–Trinajstić information content (AvgIpc) is 2.53. The van der Waals surface area contributed by atoms with Gasteiger partial charge in [-0.15, -0.1) is 0 Å². The second-order valence-electron chi connectivity index (χ2n) is 6.16. The van der Waals surface area contributed by atoms with Gasteiger partial charge in [-0.2, -0.15) is 0 Å². The standard InChI is InChI=1S/C17H26N2O3/c1-13(22-15-7-4-6-14(10-15)21-3)11-19-16(20)17(2)8-5-9-18-12-17/h4,6-7,10,13,18H,5,8-9,11-12H2,1-3H3,(H,19,20). The van der Waals surface area contributed by atoms with Crippen molar-refractivity contribution in [2.24, 2.45) is 5.41 Å². The number of nitrogens with one attached hydrogen (secondary N) is 2. The van der Waals surface area contributed by atoms with E-state index in [1.54, 1.807) is 7.11 Å². The summed E-state index contributed by atoms with van der Waals surface area (Å²) in [7, 11) is 1.63. The average molecular weight is 306 g/mol. The van der Waals surface area contributed by atoms with Gasteiger partial charge in [-0.3, -0.25) is 4.79 Å². The normalized spacial score (nSPS) is 22.7. The largest absolute Gasteiger partial charge is 0.497 e. The number of benzene rings is 1. The molecule has 1 amide bonds. The fraction of sp³-hybridized carbons (Fsp3) is 0.588. The first-order valence-electron chi connectivity index (χ1n) is 7.83. The van der Waals surface area contributed by atoms with Crippen molar-refractivity contribution in [3.63, 3.8) is 0 Å². The van der Waals surface area contributed by atoms with Gasteiger partial charge in [0.05, 0.1) is 19.1 Å². The Morgan fingerprint density at radius 1 is 1.45 bits per heavy atom. The molecule has 1 aromatic carbocycles. The first-order valence-corrected chi connectivity index (χ1v) is 7.83. The van der Waals surface area contributed by atoms with Gasteiger partial charge in [-0.25, -0.2) is 0 Å². The summed E-state index contributed by atoms with van der Waals surface area (Å²) in [6.45, 7) is 6.19. The molecule has 1 aliphatic rings. The Balaban J connectivity index is 1.81. The van der Waals surface area contributed by atoms with Gasteiger partial charge in [0.15, 0.2) is 0 Å². The predicted molar refractivity (Wildman–Crippen MR) is 86.3 cm³/mol. The van der Waals surface area contributed by atoms with Crippen molar-refractivity contribution in [1.29, 1.82) is 0 Å². The van der Waals surface area contributed by atoms with E-state index in [-0.39, 0.29) is 17.4 Å². The molecule has 0 aliphatic carbocycles. The van der Waals surface area contributed by atoms with Gasteiger partial charge in [-0.1, -0.05) is 6.07 Å². The Morgan fingerprint density at radius 3 is 2.91 bits per heavy atom. The molecule has 1 heterocycles. The van der Waals surface area contributed by atoms with E-state index in [1.807, 2.05) is 38.1 Å². The lowest BCUT2D eigenvalue weighted by molar-refractivity contribution is -0.131. The molecule has 0 spiro atoms. The third-order valence-corrected chi connectivity index (χ3v) is 4.07. The second kappa shape index (κ2) is 7.49. The first kappa shape index (κ1) is 16.6. The molecule has 22 heavy (non-hydrogen) atoms. The number of carbonyl (C=O) groups excluding carboxylic acids is 1. The Labute approximate surface area is 132 Å². The first-order chi connectivity index (χ1) is 10.5. The monoisotopic (exact) mass is 306 g/mol. The van der Waals surface area contributed by atoms with E-state index in [0.29, 0.717) is 6.54 Å². The van der Waals surface area contributed by atoms with Crippen LogP contribution in [-0.4, -0.2) is 38.8 Å². The highest BCUT2D eigenvalue weighted by Crippen LogP contribution is 2.25. The van der Waals surface area contributed by atoms with Crippen LogP contribution >= 0.6 is 0 Å². The van der Waals surface area contributed by atoms with Crippen molar-refractivity contribution >= 4 is 5.91 Å². The molecule has 1 aliphatic heterocycles. The number of piperidine rings is 1. The van der Waals surface area contributed by atoms with Crippen molar-refractivity contribution in [1.82, 2.24) is 10.6 Å². The molecule has 1 aromatic rings. The summed E-state index contributed by atoms with van der Waals surface area (Å²) < 4.78 is 11.0. The quantitative estimate of drug-likeness (QED) is 0.843. The third kappa shape index (κ3) is 4.37. The van der Waals surface area contributed by atoms with Crippen molar-refractivity contribution in [3.8, 4) is 11.5 Å². The molecule has 1 fully saturated rings. The van der Waals surface area contributed by atoms with Gasteiger partial charge in [-0.05, 0) is 45.4 Å². The third-order valence-electron chi connectivity index (χ3n) is 4.07. The molecule has 122 valence electrons. The number of hydrogen-bond donors (Lipinski definition) is 2. The fourth-order valence-corrected chi connectivity index (χ4v) is 2.65. The van der Waals surface area contributed by atoms with E-state index in [0.717, 1.165) is 37.4 Å². The molecule has 0 aromatic heterocycles. The van der Waals surface area contributed by atoms with Gasteiger partial charge in [0.2, 0.25) is 5.91 Å². The van der Waals surface area contributed by atoms with E-state index < -0.39 is 0 Å². The summed E-state index contributed by atoms with van der Waals surface area (Å²) in [4.78, 5) is 12.4. The maximum Gasteiger partial charge on any atom is 0.227 e. The van der Waals surface area contributed by atoms with Crippen LogP contribution in [-0.2, 0) is 4.79 Å². The zero-order chi connectivity index (χ0) is 16.0. The zero-order valence-corrected chi connectivity index (χ0v) is 13.6. The van der Waals surface area contributed by atoms with E-state index in [2.05, 4.69) is 10.6 Å². The second-order valence-corrected chi connectivity index (χ2v) is 6.16. The predicted octanol–water partition coefficient (Wildman–Crippen LogP) is 1.97. The van der Waals surface area contributed by atoms with Gasteiger partial charge in [0, 0.05) is 12.6 Å². The summed E-state index contributed by atoms with van der Waals surface area (Å²) in [6.07, 6.45) is 1.87. The summed E-state index contributed by atoms with van der Waals surface area (Å²) in [6, 6.07) is 7.47. The summed E-state index contributed by atoms with van der Waals surface area (Å²) in [5, 5.41) is 6.30. The van der Waals surface area contributed by atoms with E-state index >= 15 is 0 Å². The molecule has 2 N–H and O–H groups in total. The molecule has 2 atom stereocenters. The molecule has 2 rings (SSSR count). The van der Waals surface area contributed by atoms with Crippen molar-refractivity contribution in [2.45, 2.75) is 32.8 Å². The molecular formula is C17H26N2O3. The molecular weight excluding hydrogens is 280 g/mol. The highest BCUT2D eigenvalue weighted by Gasteiger charge is 2.34. The number of carbonyl (C=O) groups is 1. The smallest absolute Gasteiger partial charge is 0.227 e. The topological polar surface area (TPSA) is 59.6 Å². The molecule has 0 saturated carbocycles. The highest BCUT2D eigenvalue weighted by atomic mass is 16.5. The molecule has 0 bridgehead atoms. The number of ether oxygens (including phenoxy) is 2. The zero-order valence-electron chi connectivity index (χ0n) is 13.6. The Kier molecular flexibility index (Phi) is 5.66. The minimum absolute atomic E-state index is 0.0980. The van der Waals surface area contributed by atoms with Crippen LogP contribution in [0.1, 0.15) is 26.7 Å². The van der Waals surface area contributed by atoms with Crippen LogP contribution in [0.3, 0.4) is 0 Å². The van der Waals surface area contributed by atoms with E-state index in [1.165, 1.54) is 0 Å². The molecule has 5 nitrogen and oxygen atoms in total. The molecule has 0 radical (unpaired) electrons. The van der Waals surface area contributed by atoms with Gasteiger partial charge in [0.25, 0.3) is 0 Å². The van der Waals surface area contributed by atoms with E-state index in [9.17, 15) is 4.79 Å². The Morgan fingerprint density at radius 2 is 2.23 bits per heavy atom. The van der Waals surface area contributed by atoms with Crippen LogP contribution in [0.25, 0.3) is 0 Å². The van der Waals surface area contributed by atoms with Crippen molar-refractivity contribution in [3.05, 3.63) is 24.3 Å². The van der Waals surface area contributed by atoms with Crippen LogP contribution in [0.15, 0.2) is 24.3 Å². The maximum atomic E-state index is 12.4. The van der Waals surface area contributed by atoms with Gasteiger partial charge >= 0.3 is 0 Å². The molecule has 5 heteroatoms. The number of rotatable bonds is 6. The maximum absolute atomic E-state index is 12.4. The van der Waals surface area contributed by atoms with Crippen LogP contribution in [0.2, 0.25) is 0 Å². The van der Waals surface area contributed by atoms with Crippen molar-refractivity contribution in [2.75, 3.05) is 26.7 Å². The number of amides is 1. The van der Waals surface area contributed by atoms with E-state index in [4.69, 9.17) is 9.47 Å². The van der Waals surface area contributed by atoms with Gasteiger partial charge in [0.1, 0.15) is 17.6 Å². The van der Waals surface area contributed by atoms with Crippen LogP contribution < -0.4 is 20.1 Å². The summed E-state index contributed by atoms with van der Waals surface area (Å²) >= 11 is 0. The van der Waals surface area contributed by atoms with Crippen LogP contribution in [0.5, 0.6) is 11.5 Å². The minimum atomic E-state index is -0.312. The Bertz CT molecular complexity index is 498. The number of methoxy groups -OCH3 is 1. The highest BCUT2D eigenvalue weighted by molar-refractivity contribution is 5.82. The lowest BCUT2D eigenvalue weighted by Gasteiger charge is -2.33. The minimum Gasteiger partial charge on any atom is -0.497 e. The molecule has 1 saturated heterocycles. The lowest BCUT2D eigenvalue weighted by atomic mass is 9.82. The SMILES string of the molecule is COc1cccc(OC(C)CNC(=O)C2(C)CCCNC2)c1. The summed E-state index contributed by atoms with van der Waals surface area (Å²) in [5.41, 5.74) is -0.312. The fourth-order valence-electron chi connectivity index (χ4n) is 2.65. The van der Waals surface area contributed by atoms with Crippen molar-refractivity contribution < 1.29 is 14.3 Å². The number of hydrogen-bond acceptors (Lipinski definition) is 4. The Hall–Kier alpha value is -1.75. The van der Waals surface area contributed by atoms with Crippen LogP contribution in [0, 0.1) is 5.41 Å². The lowest BCUT2D eigenvalue weighted by Crippen LogP contribution is -2.50. The van der Waals surface area contributed by atoms with Gasteiger partial charge < -0.3 is 20.1 Å².